The normalized spacial score (nSPS) is 23.6. The molecule has 2 unspecified atom stereocenters. The van der Waals surface area contributed by atoms with Gasteiger partial charge in [-0.15, -0.1) is 0 Å². The van der Waals surface area contributed by atoms with Crippen LogP contribution in [-0.4, -0.2) is 55.6 Å². The molecule has 7 heteroatoms. The van der Waals surface area contributed by atoms with Crippen molar-refractivity contribution < 1.29 is 28.4 Å². The second-order valence-corrected chi connectivity index (χ2v) is 19.0. The zero-order valence-electron chi connectivity index (χ0n) is 39.8. The van der Waals surface area contributed by atoms with Crippen molar-refractivity contribution in [2.45, 2.75) is 186 Å². The van der Waals surface area contributed by atoms with E-state index in [0.29, 0.717) is 33.0 Å². The van der Waals surface area contributed by atoms with E-state index in [1.165, 1.54) is 76.2 Å². The van der Waals surface area contributed by atoms with Crippen LogP contribution < -0.4 is 5.32 Å². The second-order valence-electron chi connectivity index (χ2n) is 19.0. The first-order valence-electron chi connectivity index (χ1n) is 25.1. The molecule has 64 heavy (non-hydrogen) atoms. The van der Waals surface area contributed by atoms with Crippen LogP contribution in [0.1, 0.15) is 140 Å². The van der Waals surface area contributed by atoms with Gasteiger partial charge in [-0.3, -0.25) is 0 Å². The van der Waals surface area contributed by atoms with Gasteiger partial charge in [0.1, 0.15) is 6.10 Å². The third-order valence-electron chi connectivity index (χ3n) is 13.3. The Morgan fingerprint density at radius 3 is 1.61 bits per heavy atom. The first-order valence-corrected chi connectivity index (χ1v) is 25.1. The molecular formula is C57H81NO6. The maximum atomic E-state index is 7.19. The highest BCUT2D eigenvalue weighted by Crippen LogP contribution is 2.38. The lowest BCUT2D eigenvalue weighted by molar-refractivity contribution is -0.196. The van der Waals surface area contributed by atoms with Crippen molar-refractivity contribution >= 4 is 0 Å². The number of benzene rings is 4. The lowest BCUT2D eigenvalue weighted by Crippen LogP contribution is -2.55. The highest BCUT2D eigenvalue weighted by molar-refractivity contribution is 5.16. The van der Waals surface area contributed by atoms with Gasteiger partial charge in [0.25, 0.3) is 0 Å². The van der Waals surface area contributed by atoms with Gasteiger partial charge < -0.3 is 33.7 Å². The molecule has 2 fully saturated rings. The van der Waals surface area contributed by atoms with Crippen LogP contribution >= 0.6 is 0 Å². The average Bonchev–Trinajstić information content (AvgIpc) is 3.63. The largest absolute Gasteiger partial charge is 0.376 e. The fourth-order valence-electron chi connectivity index (χ4n) is 9.68. The maximum Gasteiger partial charge on any atom is 0.163 e. The van der Waals surface area contributed by atoms with Crippen LogP contribution in [0.25, 0.3) is 0 Å². The molecule has 0 radical (unpaired) electrons. The van der Waals surface area contributed by atoms with Gasteiger partial charge in [-0.05, 0) is 48.9 Å². The summed E-state index contributed by atoms with van der Waals surface area (Å²) in [7, 11) is 0. The number of unbranched alkanes of at least 4 members (excludes halogenated alkanes) is 11. The first kappa shape index (κ1) is 50.0. The van der Waals surface area contributed by atoms with Crippen LogP contribution in [0, 0.1) is 11.8 Å². The Morgan fingerprint density at radius 1 is 0.578 bits per heavy atom. The Hall–Kier alpha value is -3.40. The molecule has 4 aromatic rings. The summed E-state index contributed by atoms with van der Waals surface area (Å²) >= 11 is 0. The summed E-state index contributed by atoms with van der Waals surface area (Å²) < 4.78 is 41.1. The molecule has 1 aliphatic heterocycles. The number of ether oxygens (including phenoxy) is 6. The van der Waals surface area contributed by atoms with Crippen molar-refractivity contribution in [2.24, 2.45) is 11.8 Å². The van der Waals surface area contributed by atoms with Gasteiger partial charge in [0.05, 0.1) is 63.5 Å². The molecule has 8 atom stereocenters. The molecular weight excluding hydrogens is 795 g/mol. The van der Waals surface area contributed by atoms with E-state index in [1.807, 2.05) is 18.2 Å². The lowest BCUT2D eigenvalue weighted by Gasteiger charge is -2.46. The van der Waals surface area contributed by atoms with Gasteiger partial charge in [-0.1, -0.05) is 212 Å². The van der Waals surface area contributed by atoms with Crippen molar-refractivity contribution in [3.05, 3.63) is 144 Å². The Morgan fingerprint density at radius 2 is 1.06 bits per heavy atom. The summed E-state index contributed by atoms with van der Waals surface area (Å²) in [5, 5.41) is 3.90. The van der Waals surface area contributed by atoms with Gasteiger partial charge in [0.2, 0.25) is 0 Å². The second kappa shape index (κ2) is 27.9. The fourth-order valence-corrected chi connectivity index (χ4v) is 9.68. The number of nitrogens with one attached hydrogen (secondary N) is 1. The standard InChI is InChI=1S/C57H81NO6/c1-5-6-7-8-9-10-11-12-13-14-15-28-37-52-56(64-57(3,4)63-52)51(58-39-46-29-20-16-21-30-46)44-60-53-38-50(43-59-40-47-31-22-17-23-32-47)55(62-42-49-35-26-19-27-36-49)54(45(53)2)61-41-48-33-24-18-25-34-48/h16-27,29-36,45,50-56,58H,5-15,28,37-44H2,1-4H3/t45?,50?,51-,52+,53-,54+,55-,56-/m0/s1. The van der Waals surface area contributed by atoms with Gasteiger partial charge in [-0.2, -0.15) is 0 Å². The molecule has 4 aromatic carbocycles. The van der Waals surface area contributed by atoms with Gasteiger partial charge >= 0.3 is 0 Å². The summed E-state index contributed by atoms with van der Waals surface area (Å²) in [5.74, 6) is -0.564. The average molecular weight is 876 g/mol. The SMILES string of the molecule is CCCCCCCCCCCCCC[C@H]1OC(C)(C)O[C@H]1[C@H](CO[C@H]1CC(COCc2ccccc2)[C@H](OCc2ccccc2)[C@H](OCc2ccccc2)C1C)NCc1ccccc1. The van der Waals surface area contributed by atoms with E-state index in [-0.39, 0.29) is 48.4 Å². The molecule has 6 rings (SSSR count). The Labute approximate surface area is 387 Å². The number of hydrogen-bond donors (Lipinski definition) is 1. The Bertz CT molecular complexity index is 1780. The Balaban J connectivity index is 1.14. The summed E-state index contributed by atoms with van der Waals surface area (Å²) in [4.78, 5) is 0. The van der Waals surface area contributed by atoms with E-state index in [2.05, 4.69) is 136 Å². The summed E-state index contributed by atoms with van der Waals surface area (Å²) in [6, 6.07) is 41.9. The van der Waals surface area contributed by atoms with E-state index >= 15 is 0 Å². The van der Waals surface area contributed by atoms with E-state index in [0.717, 1.165) is 42.5 Å². The molecule has 0 bridgehead atoms. The monoisotopic (exact) mass is 876 g/mol. The third kappa shape index (κ3) is 17.1. The molecule has 0 amide bonds. The van der Waals surface area contributed by atoms with Gasteiger partial charge in [-0.25, -0.2) is 0 Å². The zero-order valence-corrected chi connectivity index (χ0v) is 39.8. The van der Waals surface area contributed by atoms with Crippen LogP contribution in [0.5, 0.6) is 0 Å². The molecule has 1 aliphatic carbocycles. The van der Waals surface area contributed by atoms with Crippen molar-refractivity contribution in [3.8, 4) is 0 Å². The molecule has 7 nitrogen and oxygen atoms in total. The highest BCUT2D eigenvalue weighted by atomic mass is 16.8. The van der Waals surface area contributed by atoms with E-state index in [9.17, 15) is 0 Å². The molecule has 350 valence electrons. The van der Waals surface area contributed by atoms with Crippen molar-refractivity contribution in [2.75, 3.05) is 13.2 Å². The summed E-state index contributed by atoms with van der Waals surface area (Å²) in [6.07, 6.45) is 17.1. The van der Waals surface area contributed by atoms with Gasteiger partial charge in [0, 0.05) is 18.4 Å². The third-order valence-corrected chi connectivity index (χ3v) is 13.3. The predicted molar refractivity (Wildman–Crippen MR) is 260 cm³/mol. The summed E-state index contributed by atoms with van der Waals surface area (Å²) in [5.41, 5.74) is 4.68. The minimum Gasteiger partial charge on any atom is -0.376 e. The number of rotatable bonds is 30. The fraction of sp³-hybridized carbons (Fsp3) is 0.579. The number of hydrogen-bond acceptors (Lipinski definition) is 7. The molecule has 1 heterocycles. The molecule has 1 saturated carbocycles. The quantitative estimate of drug-likeness (QED) is 0.0523. The molecule has 1 saturated heterocycles. The van der Waals surface area contributed by atoms with Crippen molar-refractivity contribution in [1.82, 2.24) is 5.32 Å². The van der Waals surface area contributed by atoms with E-state index < -0.39 is 5.79 Å². The minimum absolute atomic E-state index is 0.0179. The highest BCUT2D eigenvalue weighted by Gasteiger charge is 2.48. The van der Waals surface area contributed by atoms with Crippen LogP contribution in [0.2, 0.25) is 0 Å². The van der Waals surface area contributed by atoms with Crippen LogP contribution in [0.15, 0.2) is 121 Å². The van der Waals surface area contributed by atoms with E-state index in [4.69, 9.17) is 28.4 Å². The van der Waals surface area contributed by atoms with Gasteiger partial charge in [0.15, 0.2) is 5.79 Å². The zero-order chi connectivity index (χ0) is 44.7. The van der Waals surface area contributed by atoms with Crippen molar-refractivity contribution in [1.29, 1.82) is 0 Å². The molecule has 1 N–H and O–H groups in total. The molecule has 0 aromatic heterocycles. The summed E-state index contributed by atoms with van der Waals surface area (Å²) in [6.45, 7) is 12.0. The molecule has 0 spiro atoms. The van der Waals surface area contributed by atoms with Crippen molar-refractivity contribution in [3.63, 3.8) is 0 Å². The lowest BCUT2D eigenvalue weighted by atomic mass is 9.76. The minimum atomic E-state index is -0.669. The molecule has 2 aliphatic rings. The first-order chi connectivity index (χ1) is 31.4. The maximum absolute atomic E-state index is 7.19. The topological polar surface area (TPSA) is 67.4 Å². The van der Waals surface area contributed by atoms with E-state index in [1.54, 1.807) is 0 Å². The van der Waals surface area contributed by atoms with Crippen LogP contribution in [0.3, 0.4) is 0 Å². The Kier molecular flexibility index (Phi) is 21.8. The van der Waals surface area contributed by atoms with Crippen LogP contribution in [0.4, 0.5) is 0 Å². The predicted octanol–water partition coefficient (Wildman–Crippen LogP) is 13.2. The van der Waals surface area contributed by atoms with Crippen LogP contribution in [-0.2, 0) is 54.8 Å². The smallest absolute Gasteiger partial charge is 0.163 e.